The van der Waals surface area contributed by atoms with Gasteiger partial charge in [0.15, 0.2) is 12.6 Å². The Kier molecular flexibility index (Phi) is 8.21. The molecular weight excluding hydrogens is 363 g/mol. The molecular formula is C17H25O8P. The van der Waals surface area contributed by atoms with E-state index in [1.807, 2.05) is 0 Å². The van der Waals surface area contributed by atoms with Crippen LogP contribution in [0.4, 0.5) is 0 Å². The maximum Gasteiger partial charge on any atom is 0.356 e. The van der Waals surface area contributed by atoms with Crippen LogP contribution in [0.15, 0.2) is 30.3 Å². The van der Waals surface area contributed by atoms with Gasteiger partial charge in [0.05, 0.1) is 25.4 Å². The van der Waals surface area contributed by atoms with Gasteiger partial charge >= 0.3 is 13.6 Å². The van der Waals surface area contributed by atoms with Gasteiger partial charge in [0.25, 0.3) is 0 Å². The molecule has 1 aliphatic rings. The van der Waals surface area contributed by atoms with E-state index in [2.05, 4.69) is 0 Å². The van der Waals surface area contributed by atoms with Crippen molar-refractivity contribution in [2.24, 2.45) is 0 Å². The molecule has 0 amide bonds. The minimum atomic E-state index is -3.37. The SMILES string of the molecule is CCOP(=O)(CO[C@@H]1CC(OC(=O)c2ccccc2)[C@H](CO)O1)OCC. The van der Waals surface area contributed by atoms with Gasteiger partial charge < -0.3 is 28.4 Å². The summed E-state index contributed by atoms with van der Waals surface area (Å²) in [5.74, 6) is -0.507. The lowest BCUT2D eigenvalue weighted by molar-refractivity contribution is -0.135. The van der Waals surface area contributed by atoms with Crippen molar-refractivity contribution in [2.75, 3.05) is 26.2 Å². The highest BCUT2D eigenvalue weighted by Crippen LogP contribution is 2.48. The third-order valence-electron chi connectivity index (χ3n) is 3.68. The lowest BCUT2D eigenvalue weighted by atomic mass is 10.2. The molecule has 1 N–H and O–H groups in total. The van der Waals surface area contributed by atoms with Gasteiger partial charge in [-0.25, -0.2) is 4.79 Å². The fourth-order valence-corrected chi connectivity index (χ4v) is 3.89. The Morgan fingerprint density at radius 2 is 1.88 bits per heavy atom. The van der Waals surface area contributed by atoms with Crippen LogP contribution < -0.4 is 0 Å². The van der Waals surface area contributed by atoms with Crippen molar-refractivity contribution in [2.45, 2.75) is 38.8 Å². The average molecular weight is 388 g/mol. The number of ether oxygens (including phenoxy) is 3. The second-order valence-corrected chi connectivity index (χ2v) is 7.57. The molecule has 0 spiro atoms. The van der Waals surface area contributed by atoms with E-state index in [-0.39, 0.29) is 32.6 Å². The van der Waals surface area contributed by atoms with Crippen molar-refractivity contribution in [3.8, 4) is 0 Å². The van der Waals surface area contributed by atoms with Gasteiger partial charge in [-0.3, -0.25) is 4.57 Å². The van der Waals surface area contributed by atoms with Crippen LogP contribution in [0.3, 0.4) is 0 Å². The zero-order valence-corrected chi connectivity index (χ0v) is 15.8. The maximum absolute atomic E-state index is 12.4. The van der Waals surface area contributed by atoms with Gasteiger partial charge in [-0.05, 0) is 26.0 Å². The molecule has 0 aromatic heterocycles. The topological polar surface area (TPSA) is 101 Å². The minimum Gasteiger partial charge on any atom is -0.456 e. The first kappa shape index (κ1) is 21.0. The molecule has 0 radical (unpaired) electrons. The molecule has 1 fully saturated rings. The van der Waals surface area contributed by atoms with Crippen molar-refractivity contribution in [1.82, 2.24) is 0 Å². The summed E-state index contributed by atoms with van der Waals surface area (Å²) in [5, 5.41) is 9.46. The summed E-state index contributed by atoms with van der Waals surface area (Å²) in [6.45, 7) is 3.53. The van der Waals surface area contributed by atoms with Crippen LogP contribution in [0.2, 0.25) is 0 Å². The van der Waals surface area contributed by atoms with E-state index in [0.717, 1.165) is 0 Å². The van der Waals surface area contributed by atoms with Crippen molar-refractivity contribution in [3.63, 3.8) is 0 Å². The largest absolute Gasteiger partial charge is 0.456 e. The van der Waals surface area contributed by atoms with Crippen LogP contribution in [0.5, 0.6) is 0 Å². The fraction of sp³-hybridized carbons (Fsp3) is 0.588. The molecule has 1 saturated heterocycles. The molecule has 26 heavy (non-hydrogen) atoms. The molecule has 8 nitrogen and oxygen atoms in total. The van der Waals surface area contributed by atoms with Crippen molar-refractivity contribution in [1.29, 1.82) is 0 Å². The number of carbonyl (C=O) groups excluding carboxylic acids is 1. The van der Waals surface area contributed by atoms with Gasteiger partial charge in [-0.2, -0.15) is 0 Å². The predicted octanol–water partition coefficient (Wildman–Crippen LogP) is 2.56. The Balaban J connectivity index is 1.91. The van der Waals surface area contributed by atoms with E-state index >= 15 is 0 Å². The smallest absolute Gasteiger partial charge is 0.356 e. The minimum absolute atomic E-state index is 0.210. The highest BCUT2D eigenvalue weighted by atomic mass is 31.2. The Morgan fingerprint density at radius 3 is 2.46 bits per heavy atom. The lowest BCUT2D eigenvalue weighted by Crippen LogP contribution is -2.30. The Hall–Kier alpha value is -1.28. The van der Waals surface area contributed by atoms with Gasteiger partial charge in [0, 0.05) is 6.42 Å². The van der Waals surface area contributed by atoms with Crippen LogP contribution in [-0.2, 0) is 27.8 Å². The molecule has 1 aromatic rings. The first-order chi connectivity index (χ1) is 12.5. The number of hydrogen-bond donors (Lipinski definition) is 1. The highest BCUT2D eigenvalue weighted by molar-refractivity contribution is 7.53. The summed E-state index contributed by atoms with van der Waals surface area (Å²) in [6, 6.07) is 8.54. The first-order valence-corrected chi connectivity index (χ1v) is 10.3. The van der Waals surface area contributed by atoms with Crippen LogP contribution >= 0.6 is 7.60 Å². The molecule has 9 heteroatoms. The summed E-state index contributed by atoms with van der Waals surface area (Å²) >= 11 is 0. The van der Waals surface area contributed by atoms with E-state index < -0.39 is 32.1 Å². The van der Waals surface area contributed by atoms with Crippen molar-refractivity contribution in [3.05, 3.63) is 35.9 Å². The monoisotopic (exact) mass is 388 g/mol. The maximum atomic E-state index is 12.4. The number of hydrogen-bond acceptors (Lipinski definition) is 8. The molecule has 1 aliphatic heterocycles. The van der Waals surface area contributed by atoms with E-state index in [4.69, 9.17) is 23.3 Å². The number of esters is 1. The van der Waals surface area contributed by atoms with Crippen LogP contribution in [0, 0.1) is 0 Å². The second-order valence-electron chi connectivity index (χ2n) is 5.57. The summed E-state index contributed by atoms with van der Waals surface area (Å²) in [5.41, 5.74) is 0.408. The van der Waals surface area contributed by atoms with Crippen molar-refractivity contribution >= 4 is 13.6 Å². The molecule has 0 bridgehead atoms. The van der Waals surface area contributed by atoms with Crippen molar-refractivity contribution < 1.29 is 37.7 Å². The highest BCUT2D eigenvalue weighted by Gasteiger charge is 2.39. The van der Waals surface area contributed by atoms with Gasteiger partial charge in [0.1, 0.15) is 12.2 Å². The average Bonchev–Trinajstić information content (AvgIpc) is 3.03. The normalized spacial score (nSPS) is 23.1. The predicted molar refractivity (Wildman–Crippen MR) is 92.8 cm³/mol. The van der Waals surface area contributed by atoms with Gasteiger partial charge in [-0.15, -0.1) is 0 Å². The number of benzene rings is 1. The summed E-state index contributed by atoms with van der Waals surface area (Å²) in [6.07, 6.45) is -2.24. The number of carbonyl (C=O) groups is 1. The summed E-state index contributed by atoms with van der Waals surface area (Å²) in [4.78, 5) is 12.2. The van der Waals surface area contributed by atoms with Crippen LogP contribution in [0.25, 0.3) is 0 Å². The number of rotatable bonds is 10. The molecule has 1 heterocycles. The second kappa shape index (κ2) is 10.2. The Morgan fingerprint density at radius 1 is 1.23 bits per heavy atom. The van der Waals surface area contributed by atoms with E-state index in [1.165, 1.54) is 0 Å². The quantitative estimate of drug-likeness (QED) is 0.482. The van der Waals surface area contributed by atoms with E-state index in [0.29, 0.717) is 5.56 Å². The molecule has 2 rings (SSSR count). The molecule has 1 unspecified atom stereocenters. The zero-order valence-electron chi connectivity index (χ0n) is 14.9. The molecule has 3 atom stereocenters. The van der Waals surface area contributed by atoms with E-state index in [9.17, 15) is 14.5 Å². The van der Waals surface area contributed by atoms with Crippen LogP contribution in [0.1, 0.15) is 30.6 Å². The third kappa shape index (κ3) is 5.87. The van der Waals surface area contributed by atoms with Gasteiger partial charge in [-0.1, -0.05) is 18.2 Å². The van der Waals surface area contributed by atoms with Gasteiger partial charge in [0.2, 0.25) is 0 Å². The third-order valence-corrected chi connectivity index (χ3v) is 5.45. The zero-order chi connectivity index (χ0) is 19.0. The number of aliphatic hydroxyl groups excluding tert-OH is 1. The first-order valence-electron chi connectivity index (χ1n) is 8.53. The Labute approximate surface area is 152 Å². The lowest BCUT2D eigenvalue weighted by Gasteiger charge is -2.19. The molecule has 146 valence electrons. The Bertz CT molecular complexity index is 598. The standard InChI is InChI=1S/C17H25O8P/c1-3-22-26(20,23-4-2)12-21-16-10-14(15(11-18)24-16)25-17(19)13-8-6-5-7-9-13/h5-9,14-16,18H,3-4,10-12H2,1-2H3/t14?,15-,16-/m0/s1. The fourth-order valence-electron chi connectivity index (χ4n) is 2.53. The van der Waals surface area contributed by atoms with Crippen LogP contribution in [-0.4, -0.2) is 55.7 Å². The summed E-state index contributed by atoms with van der Waals surface area (Å²) < 4.78 is 39.1. The summed E-state index contributed by atoms with van der Waals surface area (Å²) in [7, 11) is -3.37. The molecule has 1 aromatic carbocycles. The number of aliphatic hydroxyl groups is 1. The van der Waals surface area contributed by atoms with E-state index in [1.54, 1.807) is 44.2 Å². The molecule has 0 aliphatic carbocycles. The molecule has 0 saturated carbocycles.